The molecule has 1 aromatic heterocycles. The lowest BCUT2D eigenvalue weighted by atomic mass is 9.90. The number of aryl methyl sites for hydroxylation is 1. The molecule has 21 heavy (non-hydrogen) atoms. The van der Waals surface area contributed by atoms with E-state index in [0.29, 0.717) is 22.5 Å². The molecule has 1 aliphatic carbocycles. The Kier molecular flexibility index (Phi) is 3.45. The minimum atomic E-state index is -0.141. The van der Waals surface area contributed by atoms with E-state index in [1.54, 1.807) is 24.3 Å². The summed E-state index contributed by atoms with van der Waals surface area (Å²) in [4.78, 5) is 29.6. The van der Waals surface area contributed by atoms with Crippen LogP contribution in [0.25, 0.3) is 0 Å². The van der Waals surface area contributed by atoms with E-state index in [0.717, 1.165) is 31.6 Å². The Hall–Kier alpha value is -2.23. The molecule has 0 atom stereocenters. The third kappa shape index (κ3) is 2.11. The number of carbonyl (C=O) groups is 2. The molecular weight excluding hydrogens is 264 g/mol. The van der Waals surface area contributed by atoms with Gasteiger partial charge >= 0.3 is 0 Å². The van der Waals surface area contributed by atoms with Crippen molar-refractivity contribution in [3.05, 3.63) is 52.6 Å². The van der Waals surface area contributed by atoms with Crippen LogP contribution in [-0.4, -0.2) is 21.1 Å². The van der Waals surface area contributed by atoms with E-state index in [-0.39, 0.29) is 11.6 Å². The van der Waals surface area contributed by atoms with Crippen molar-refractivity contribution in [3.63, 3.8) is 0 Å². The summed E-state index contributed by atoms with van der Waals surface area (Å²) in [6.45, 7) is 4.74. The Morgan fingerprint density at radius 3 is 2.38 bits per heavy atom. The number of rotatable bonds is 4. The van der Waals surface area contributed by atoms with Crippen LogP contribution in [0.15, 0.2) is 24.3 Å². The van der Waals surface area contributed by atoms with Crippen molar-refractivity contribution >= 4 is 11.6 Å². The van der Waals surface area contributed by atoms with Crippen LogP contribution in [0.4, 0.5) is 0 Å². The van der Waals surface area contributed by atoms with Crippen molar-refractivity contribution in [2.24, 2.45) is 0 Å². The average Bonchev–Trinajstić information content (AvgIpc) is 2.83. The molecular formula is C17H18N2O2. The fourth-order valence-electron chi connectivity index (χ4n) is 2.88. The lowest BCUT2D eigenvalue weighted by Crippen LogP contribution is -2.23. The maximum atomic E-state index is 12.7. The Morgan fingerprint density at radius 1 is 1.05 bits per heavy atom. The largest absolute Gasteiger partial charge is 0.325 e. The lowest BCUT2D eigenvalue weighted by molar-refractivity contribution is 0.0970. The minimum absolute atomic E-state index is 0.0858. The molecule has 0 fully saturated rings. The van der Waals surface area contributed by atoms with E-state index < -0.39 is 0 Å². The van der Waals surface area contributed by atoms with Gasteiger partial charge in [0.1, 0.15) is 17.2 Å². The number of aromatic nitrogens is 2. The van der Waals surface area contributed by atoms with Gasteiger partial charge in [-0.1, -0.05) is 44.0 Å². The Bertz CT molecular complexity index is 728. The van der Waals surface area contributed by atoms with Gasteiger partial charge in [-0.25, -0.2) is 4.98 Å². The number of benzene rings is 1. The Morgan fingerprint density at radius 2 is 1.71 bits per heavy atom. The summed E-state index contributed by atoms with van der Waals surface area (Å²) in [7, 11) is 0. The van der Waals surface area contributed by atoms with Crippen LogP contribution in [0.2, 0.25) is 0 Å². The molecule has 0 aliphatic heterocycles. The topological polar surface area (TPSA) is 52.0 Å². The van der Waals surface area contributed by atoms with Gasteiger partial charge in [0.15, 0.2) is 0 Å². The Balaban J connectivity index is 2.08. The number of fused-ring (bicyclic) bond motifs is 2. The number of unbranched alkanes of at least 4 members (excludes halogenated alkanes) is 2. The van der Waals surface area contributed by atoms with Gasteiger partial charge in [0, 0.05) is 17.7 Å². The molecule has 4 nitrogen and oxygen atoms in total. The highest BCUT2D eigenvalue weighted by atomic mass is 16.1. The van der Waals surface area contributed by atoms with Crippen molar-refractivity contribution in [1.29, 1.82) is 0 Å². The van der Waals surface area contributed by atoms with Crippen LogP contribution in [-0.2, 0) is 6.54 Å². The quantitative estimate of drug-likeness (QED) is 0.691. The second-order valence-electron chi connectivity index (χ2n) is 5.42. The maximum Gasteiger partial charge on any atom is 0.214 e. The van der Waals surface area contributed by atoms with E-state index in [1.807, 2.05) is 11.5 Å². The molecule has 3 rings (SSSR count). The van der Waals surface area contributed by atoms with Crippen LogP contribution in [0.3, 0.4) is 0 Å². The number of imidazole rings is 1. The lowest BCUT2D eigenvalue weighted by Gasteiger charge is -2.16. The first-order valence-corrected chi connectivity index (χ1v) is 7.40. The number of hydrogen-bond acceptors (Lipinski definition) is 3. The fourth-order valence-corrected chi connectivity index (χ4v) is 2.88. The van der Waals surface area contributed by atoms with Crippen LogP contribution < -0.4 is 0 Å². The van der Waals surface area contributed by atoms with Gasteiger partial charge in [-0.15, -0.1) is 0 Å². The molecule has 0 radical (unpaired) electrons. The summed E-state index contributed by atoms with van der Waals surface area (Å²) in [5, 5.41) is 0. The average molecular weight is 282 g/mol. The van der Waals surface area contributed by atoms with Crippen molar-refractivity contribution < 1.29 is 9.59 Å². The molecule has 0 unspecified atom stereocenters. The molecule has 1 aromatic carbocycles. The first kappa shape index (κ1) is 13.7. The normalized spacial score (nSPS) is 13.2. The summed E-state index contributed by atoms with van der Waals surface area (Å²) in [6, 6.07) is 6.99. The van der Waals surface area contributed by atoms with Gasteiger partial charge in [-0.3, -0.25) is 9.59 Å². The van der Waals surface area contributed by atoms with Crippen molar-refractivity contribution in [3.8, 4) is 0 Å². The number of hydrogen-bond donors (Lipinski definition) is 0. The summed E-state index contributed by atoms with van der Waals surface area (Å²) in [6.07, 6.45) is 3.21. The van der Waals surface area contributed by atoms with Crippen molar-refractivity contribution in [2.45, 2.75) is 39.7 Å². The number of carbonyl (C=O) groups excluding carboxylic acids is 2. The molecule has 0 spiro atoms. The van der Waals surface area contributed by atoms with E-state index >= 15 is 0 Å². The summed E-state index contributed by atoms with van der Waals surface area (Å²) >= 11 is 0. The fraction of sp³-hybridized carbons (Fsp3) is 0.353. The van der Waals surface area contributed by atoms with E-state index in [1.165, 1.54) is 0 Å². The molecule has 0 bridgehead atoms. The van der Waals surface area contributed by atoms with Gasteiger partial charge in [-0.2, -0.15) is 0 Å². The molecule has 0 saturated carbocycles. The van der Waals surface area contributed by atoms with Crippen LogP contribution in [0, 0.1) is 6.92 Å². The summed E-state index contributed by atoms with van der Waals surface area (Å²) in [5.41, 5.74) is 1.74. The first-order valence-electron chi connectivity index (χ1n) is 7.40. The van der Waals surface area contributed by atoms with Crippen molar-refractivity contribution in [2.75, 3.05) is 0 Å². The van der Waals surface area contributed by atoms with E-state index in [2.05, 4.69) is 11.9 Å². The van der Waals surface area contributed by atoms with Crippen molar-refractivity contribution in [1.82, 2.24) is 9.55 Å². The number of nitrogens with zero attached hydrogens (tertiary/aromatic N) is 2. The predicted octanol–water partition coefficient (Wildman–Crippen LogP) is 3.16. The predicted molar refractivity (Wildman–Crippen MR) is 79.8 cm³/mol. The van der Waals surface area contributed by atoms with Gasteiger partial charge < -0.3 is 4.57 Å². The van der Waals surface area contributed by atoms with Gasteiger partial charge in [0.05, 0.1) is 0 Å². The smallest absolute Gasteiger partial charge is 0.214 e. The third-order valence-corrected chi connectivity index (χ3v) is 3.99. The maximum absolute atomic E-state index is 12.7. The molecule has 4 heteroatoms. The molecule has 0 N–H and O–H groups in total. The summed E-state index contributed by atoms with van der Waals surface area (Å²) < 4.78 is 1.90. The zero-order chi connectivity index (χ0) is 15.0. The zero-order valence-corrected chi connectivity index (χ0v) is 12.3. The molecule has 0 amide bonds. The highest BCUT2D eigenvalue weighted by Gasteiger charge is 2.34. The highest BCUT2D eigenvalue weighted by molar-refractivity contribution is 6.27. The van der Waals surface area contributed by atoms with Gasteiger partial charge in [-0.05, 0) is 13.3 Å². The highest BCUT2D eigenvalue weighted by Crippen LogP contribution is 2.27. The van der Waals surface area contributed by atoms with E-state index in [9.17, 15) is 9.59 Å². The molecule has 2 aromatic rings. The second kappa shape index (κ2) is 5.28. The molecule has 1 heterocycles. The summed E-state index contributed by atoms with van der Waals surface area (Å²) in [5.74, 6) is 0.514. The van der Waals surface area contributed by atoms with Crippen LogP contribution >= 0.6 is 0 Å². The first-order chi connectivity index (χ1) is 10.1. The van der Waals surface area contributed by atoms with E-state index in [4.69, 9.17) is 0 Å². The molecule has 108 valence electrons. The SMILES string of the molecule is CCCCCn1c(C)nc2c1C(=O)c1ccccc1C2=O. The molecule has 1 aliphatic rings. The standard InChI is InChI=1S/C17H18N2O2/c1-3-4-7-10-19-11(2)18-14-15(19)17(21)13-9-6-5-8-12(13)16(14)20/h5-6,8-9H,3-4,7,10H2,1-2H3. The second-order valence-corrected chi connectivity index (χ2v) is 5.42. The molecule has 0 saturated heterocycles. The van der Waals surface area contributed by atoms with Crippen LogP contribution in [0.1, 0.15) is 64.1 Å². The van der Waals surface area contributed by atoms with Crippen LogP contribution in [0.5, 0.6) is 0 Å². The Labute approximate surface area is 123 Å². The van der Waals surface area contributed by atoms with Gasteiger partial charge in [0.2, 0.25) is 11.6 Å². The number of ketones is 2. The minimum Gasteiger partial charge on any atom is -0.325 e. The monoisotopic (exact) mass is 282 g/mol. The zero-order valence-electron chi connectivity index (χ0n) is 12.3. The van der Waals surface area contributed by atoms with Gasteiger partial charge in [0.25, 0.3) is 0 Å². The third-order valence-electron chi connectivity index (χ3n) is 3.99.